The number of nitrogens with zero attached hydrogens (tertiary/aromatic N) is 1. The molecule has 2 aromatic rings. The molecule has 19 heavy (non-hydrogen) atoms. The van der Waals surface area contributed by atoms with E-state index in [1.165, 1.54) is 0 Å². The predicted octanol–water partition coefficient (Wildman–Crippen LogP) is 1.43. The van der Waals surface area contributed by atoms with E-state index in [9.17, 15) is 4.79 Å². The van der Waals surface area contributed by atoms with Crippen LogP contribution in [0.15, 0.2) is 36.5 Å². The highest BCUT2D eigenvalue weighted by Gasteiger charge is 2.30. The van der Waals surface area contributed by atoms with Crippen LogP contribution in [0, 0.1) is 0 Å². The zero-order valence-corrected chi connectivity index (χ0v) is 10.2. The van der Waals surface area contributed by atoms with Crippen LogP contribution in [0.4, 0.5) is 0 Å². The van der Waals surface area contributed by atoms with Crippen molar-refractivity contribution in [2.45, 2.75) is 18.6 Å². The van der Waals surface area contributed by atoms with Gasteiger partial charge in [-0.3, -0.25) is 9.78 Å². The molecular weight excluding hydrogens is 244 g/mol. The maximum atomic E-state index is 10.9. The van der Waals surface area contributed by atoms with E-state index in [4.69, 9.17) is 9.84 Å². The number of ether oxygens (including phenoxy) is 1. The number of aromatic nitrogens is 1. The smallest absolute Gasteiger partial charge is 0.320 e. The molecule has 5 nitrogen and oxygen atoms in total. The highest BCUT2D eigenvalue weighted by molar-refractivity contribution is 5.84. The first-order valence-electron chi connectivity index (χ1n) is 6.20. The first kappa shape index (κ1) is 11.9. The number of aliphatic carboxylic acids is 1. The van der Waals surface area contributed by atoms with E-state index in [0.29, 0.717) is 13.0 Å². The number of rotatable bonds is 3. The van der Waals surface area contributed by atoms with Gasteiger partial charge >= 0.3 is 5.97 Å². The molecular formula is C14H14N2O3. The molecule has 98 valence electrons. The van der Waals surface area contributed by atoms with Gasteiger partial charge in [-0.05, 0) is 18.2 Å². The fraction of sp³-hybridized carbons (Fsp3) is 0.286. The maximum Gasteiger partial charge on any atom is 0.320 e. The third-order valence-electron chi connectivity index (χ3n) is 3.29. The highest BCUT2D eigenvalue weighted by atomic mass is 16.5. The fourth-order valence-corrected chi connectivity index (χ4v) is 2.33. The van der Waals surface area contributed by atoms with Gasteiger partial charge in [0.1, 0.15) is 17.9 Å². The van der Waals surface area contributed by atoms with E-state index in [0.717, 1.165) is 16.7 Å². The van der Waals surface area contributed by atoms with E-state index in [1.807, 2.05) is 30.3 Å². The molecule has 2 heterocycles. The molecule has 1 aliphatic heterocycles. The molecule has 1 aliphatic rings. The average Bonchev–Trinajstić information content (AvgIpc) is 2.88. The summed E-state index contributed by atoms with van der Waals surface area (Å²) in [5, 5.41) is 12.8. The van der Waals surface area contributed by atoms with Gasteiger partial charge in [0.05, 0.1) is 5.52 Å². The van der Waals surface area contributed by atoms with Gasteiger partial charge in [-0.1, -0.05) is 12.1 Å². The topological polar surface area (TPSA) is 71.5 Å². The van der Waals surface area contributed by atoms with Crippen molar-refractivity contribution in [3.63, 3.8) is 0 Å². The van der Waals surface area contributed by atoms with Gasteiger partial charge in [-0.2, -0.15) is 0 Å². The second-order valence-electron chi connectivity index (χ2n) is 4.60. The third kappa shape index (κ3) is 2.37. The van der Waals surface area contributed by atoms with E-state index >= 15 is 0 Å². The van der Waals surface area contributed by atoms with Gasteiger partial charge in [0.25, 0.3) is 0 Å². The second-order valence-corrected chi connectivity index (χ2v) is 4.60. The van der Waals surface area contributed by atoms with E-state index < -0.39 is 12.0 Å². The van der Waals surface area contributed by atoms with Crippen molar-refractivity contribution >= 4 is 16.9 Å². The Labute approximate surface area is 110 Å². The van der Waals surface area contributed by atoms with Crippen molar-refractivity contribution in [1.29, 1.82) is 0 Å². The molecule has 0 radical (unpaired) electrons. The minimum Gasteiger partial charge on any atom is -0.488 e. The molecule has 1 saturated heterocycles. The summed E-state index contributed by atoms with van der Waals surface area (Å²) in [5.41, 5.74) is 0.876. The minimum absolute atomic E-state index is 0.119. The number of para-hydroxylation sites is 1. The summed E-state index contributed by atoms with van der Waals surface area (Å²) in [6.45, 7) is 0.549. The van der Waals surface area contributed by atoms with Crippen LogP contribution < -0.4 is 10.1 Å². The van der Waals surface area contributed by atoms with Crippen LogP contribution in [0.3, 0.4) is 0 Å². The number of nitrogens with one attached hydrogen (secondary N) is 1. The monoisotopic (exact) mass is 258 g/mol. The molecule has 0 saturated carbocycles. The molecule has 5 heteroatoms. The number of carbonyl (C=O) groups is 1. The molecule has 1 aromatic carbocycles. The van der Waals surface area contributed by atoms with Crippen LogP contribution in [0.1, 0.15) is 6.42 Å². The van der Waals surface area contributed by atoms with Crippen LogP contribution in [-0.4, -0.2) is 34.8 Å². The van der Waals surface area contributed by atoms with Gasteiger partial charge in [0.2, 0.25) is 0 Å². The first-order valence-corrected chi connectivity index (χ1v) is 6.20. The Morgan fingerprint density at radius 1 is 1.37 bits per heavy atom. The Kier molecular flexibility index (Phi) is 3.05. The Morgan fingerprint density at radius 3 is 3.00 bits per heavy atom. The Bertz CT molecular complexity index is 609. The van der Waals surface area contributed by atoms with Gasteiger partial charge < -0.3 is 15.2 Å². The summed E-state index contributed by atoms with van der Waals surface area (Å²) in [5.74, 6) is -0.0749. The second kappa shape index (κ2) is 4.85. The number of benzene rings is 1. The van der Waals surface area contributed by atoms with Crippen molar-refractivity contribution in [1.82, 2.24) is 10.3 Å². The van der Waals surface area contributed by atoms with Crippen molar-refractivity contribution in [2.75, 3.05) is 6.54 Å². The van der Waals surface area contributed by atoms with Crippen molar-refractivity contribution in [3.05, 3.63) is 36.5 Å². The summed E-state index contributed by atoms with van der Waals surface area (Å²) >= 11 is 0. The molecule has 2 unspecified atom stereocenters. The summed E-state index contributed by atoms with van der Waals surface area (Å²) in [7, 11) is 0. The lowest BCUT2D eigenvalue weighted by Crippen LogP contribution is -2.30. The SMILES string of the molecule is O=C(O)C1CC(Oc2ccnc3ccccc23)CN1. The summed E-state index contributed by atoms with van der Waals surface area (Å²) in [6.07, 6.45) is 2.06. The normalized spacial score (nSPS) is 22.5. The molecule has 0 bridgehead atoms. The Hall–Kier alpha value is -2.14. The molecule has 0 aliphatic carbocycles. The number of carboxylic acids is 1. The quantitative estimate of drug-likeness (QED) is 0.871. The van der Waals surface area contributed by atoms with Crippen LogP contribution in [-0.2, 0) is 4.79 Å². The number of fused-ring (bicyclic) bond motifs is 1. The van der Waals surface area contributed by atoms with Crippen molar-refractivity contribution < 1.29 is 14.6 Å². The number of carboxylic acid groups (broad SMARTS) is 1. The fourth-order valence-electron chi connectivity index (χ4n) is 2.33. The van der Waals surface area contributed by atoms with Crippen molar-refractivity contribution in [3.8, 4) is 5.75 Å². The van der Waals surface area contributed by atoms with Gasteiger partial charge in [-0.25, -0.2) is 0 Å². The summed E-state index contributed by atoms with van der Waals surface area (Å²) < 4.78 is 5.90. The minimum atomic E-state index is -0.828. The molecule has 2 N–H and O–H groups in total. The van der Waals surface area contributed by atoms with Crippen LogP contribution >= 0.6 is 0 Å². The molecule has 0 spiro atoms. The van der Waals surface area contributed by atoms with Crippen LogP contribution in [0.25, 0.3) is 10.9 Å². The lowest BCUT2D eigenvalue weighted by molar-refractivity contribution is -0.139. The van der Waals surface area contributed by atoms with E-state index in [2.05, 4.69) is 10.3 Å². The lowest BCUT2D eigenvalue weighted by atomic mass is 10.2. The zero-order valence-electron chi connectivity index (χ0n) is 10.2. The van der Waals surface area contributed by atoms with Crippen LogP contribution in [0.5, 0.6) is 5.75 Å². The van der Waals surface area contributed by atoms with E-state index in [1.54, 1.807) is 6.20 Å². The molecule has 0 amide bonds. The maximum absolute atomic E-state index is 10.9. The largest absolute Gasteiger partial charge is 0.488 e. The van der Waals surface area contributed by atoms with Gasteiger partial charge in [-0.15, -0.1) is 0 Å². The van der Waals surface area contributed by atoms with Crippen molar-refractivity contribution in [2.24, 2.45) is 0 Å². The highest BCUT2D eigenvalue weighted by Crippen LogP contribution is 2.25. The third-order valence-corrected chi connectivity index (χ3v) is 3.29. The molecule has 2 atom stereocenters. The Morgan fingerprint density at radius 2 is 2.21 bits per heavy atom. The molecule has 1 aromatic heterocycles. The summed E-state index contributed by atoms with van der Waals surface area (Å²) in [4.78, 5) is 15.2. The molecule has 3 rings (SSSR count). The zero-order chi connectivity index (χ0) is 13.2. The van der Waals surface area contributed by atoms with Gasteiger partial charge in [0, 0.05) is 24.5 Å². The first-order chi connectivity index (χ1) is 9.24. The van der Waals surface area contributed by atoms with Gasteiger partial charge in [0.15, 0.2) is 0 Å². The standard InChI is InChI=1S/C14H14N2O3/c17-14(18)12-7-9(8-16-12)19-13-5-6-15-11-4-2-1-3-10(11)13/h1-6,9,12,16H,7-8H2,(H,17,18). The number of hydrogen-bond donors (Lipinski definition) is 2. The van der Waals surface area contributed by atoms with E-state index in [-0.39, 0.29) is 6.10 Å². The van der Waals surface area contributed by atoms with Crippen LogP contribution in [0.2, 0.25) is 0 Å². The lowest BCUT2D eigenvalue weighted by Gasteiger charge is -2.14. The Balaban J connectivity index is 1.81. The number of pyridine rings is 1. The number of hydrogen-bond acceptors (Lipinski definition) is 4. The summed E-state index contributed by atoms with van der Waals surface area (Å²) in [6, 6.07) is 9.04. The molecule has 1 fully saturated rings. The average molecular weight is 258 g/mol. The predicted molar refractivity (Wildman–Crippen MR) is 70.2 cm³/mol.